The zero-order valence-electron chi connectivity index (χ0n) is 13.6. The Morgan fingerprint density at radius 3 is 2.70 bits per heavy atom. The summed E-state index contributed by atoms with van der Waals surface area (Å²) in [6, 6.07) is 21.2. The van der Waals surface area contributed by atoms with Gasteiger partial charge in [0.15, 0.2) is 0 Å². The Balaban J connectivity index is 1.56. The van der Waals surface area contributed by atoms with E-state index in [-0.39, 0.29) is 0 Å². The van der Waals surface area contributed by atoms with Crippen LogP contribution in [0.1, 0.15) is 30.4 Å². The molecule has 2 unspecified atom stereocenters. The van der Waals surface area contributed by atoms with Gasteiger partial charge in [0.25, 0.3) is 0 Å². The van der Waals surface area contributed by atoms with Crippen LogP contribution in [0, 0.1) is 0 Å². The topological polar surface area (TPSA) is 3.24 Å². The van der Waals surface area contributed by atoms with Crippen molar-refractivity contribution in [2.75, 3.05) is 6.26 Å². The molecule has 0 radical (unpaired) electrons. The van der Waals surface area contributed by atoms with Gasteiger partial charge >= 0.3 is 0 Å². The molecule has 23 heavy (non-hydrogen) atoms. The molecule has 0 saturated carbocycles. The van der Waals surface area contributed by atoms with Gasteiger partial charge in [0, 0.05) is 23.5 Å². The van der Waals surface area contributed by atoms with Crippen LogP contribution < -0.4 is 0 Å². The lowest BCUT2D eigenvalue weighted by Crippen LogP contribution is -2.37. The molecule has 0 spiro atoms. The summed E-state index contributed by atoms with van der Waals surface area (Å²) < 4.78 is 0. The van der Waals surface area contributed by atoms with Crippen molar-refractivity contribution in [3.63, 3.8) is 0 Å². The molecule has 1 nitrogen and oxygen atoms in total. The van der Waals surface area contributed by atoms with Crippen molar-refractivity contribution in [3.8, 4) is 0 Å². The lowest BCUT2D eigenvalue weighted by molar-refractivity contribution is 0.203. The molecule has 2 aromatic carbocycles. The van der Waals surface area contributed by atoms with Gasteiger partial charge in [0.2, 0.25) is 0 Å². The molecule has 2 aliphatic heterocycles. The Kier molecular flexibility index (Phi) is 4.28. The second-order valence-corrected chi connectivity index (χ2v) is 7.46. The first-order chi connectivity index (χ1) is 11.3. The van der Waals surface area contributed by atoms with Gasteiger partial charge < -0.3 is 0 Å². The molecule has 1 saturated heterocycles. The summed E-state index contributed by atoms with van der Waals surface area (Å²) in [5.41, 5.74) is 4.41. The maximum Gasteiger partial charge on any atom is 0.0291 e. The number of nitrogens with zero attached hydrogens (tertiary/aromatic N) is 1. The van der Waals surface area contributed by atoms with Crippen molar-refractivity contribution in [2.45, 2.75) is 42.8 Å². The number of hydrogen-bond acceptors (Lipinski definition) is 2. The second kappa shape index (κ2) is 6.54. The maximum absolute atomic E-state index is 2.71. The summed E-state index contributed by atoms with van der Waals surface area (Å²) in [6.07, 6.45) is 8.52. The van der Waals surface area contributed by atoms with E-state index in [9.17, 15) is 0 Å². The zero-order valence-corrected chi connectivity index (χ0v) is 14.4. The minimum absolute atomic E-state index is 0.613. The third kappa shape index (κ3) is 3.11. The molecule has 0 aromatic heterocycles. The first kappa shape index (κ1) is 15.0. The highest BCUT2D eigenvalue weighted by Crippen LogP contribution is 2.39. The zero-order chi connectivity index (χ0) is 15.6. The van der Waals surface area contributed by atoms with Crippen LogP contribution >= 0.6 is 11.8 Å². The maximum atomic E-state index is 2.71. The molecule has 2 heterocycles. The van der Waals surface area contributed by atoms with Gasteiger partial charge in [-0.15, -0.1) is 11.8 Å². The quantitative estimate of drug-likeness (QED) is 0.709. The molecule has 2 heteroatoms. The third-order valence-corrected chi connectivity index (χ3v) is 5.91. The van der Waals surface area contributed by atoms with Crippen molar-refractivity contribution in [1.82, 2.24) is 4.90 Å². The fourth-order valence-electron chi connectivity index (χ4n) is 4.00. The normalized spacial score (nSPS) is 23.8. The summed E-state index contributed by atoms with van der Waals surface area (Å²) in [6.45, 7) is 1.09. The van der Waals surface area contributed by atoms with E-state index in [0.29, 0.717) is 12.1 Å². The molecule has 2 bridgehead atoms. The van der Waals surface area contributed by atoms with Crippen LogP contribution in [0.15, 0.2) is 65.6 Å². The first-order valence-corrected chi connectivity index (χ1v) is 9.71. The molecular weight excluding hydrogens is 298 g/mol. The van der Waals surface area contributed by atoms with Gasteiger partial charge in [0.05, 0.1) is 0 Å². The largest absolute Gasteiger partial charge is 0.289 e. The van der Waals surface area contributed by atoms with E-state index in [1.807, 2.05) is 11.8 Å². The fourth-order valence-corrected chi connectivity index (χ4v) is 4.46. The highest BCUT2D eigenvalue weighted by Gasteiger charge is 2.36. The van der Waals surface area contributed by atoms with Gasteiger partial charge in [-0.2, -0.15) is 0 Å². The van der Waals surface area contributed by atoms with Crippen LogP contribution in [0.25, 0.3) is 5.57 Å². The molecule has 1 fully saturated rings. The molecule has 2 aliphatic rings. The minimum atomic E-state index is 0.613. The highest BCUT2D eigenvalue weighted by molar-refractivity contribution is 7.98. The van der Waals surface area contributed by atoms with Gasteiger partial charge in [-0.25, -0.2) is 0 Å². The van der Waals surface area contributed by atoms with E-state index >= 15 is 0 Å². The Bertz CT molecular complexity index is 707. The summed E-state index contributed by atoms with van der Waals surface area (Å²) in [7, 11) is 0. The summed E-state index contributed by atoms with van der Waals surface area (Å²) in [5.74, 6) is 0. The van der Waals surface area contributed by atoms with E-state index in [1.165, 1.54) is 35.3 Å². The second-order valence-electron chi connectivity index (χ2n) is 6.58. The summed E-state index contributed by atoms with van der Waals surface area (Å²) >= 11 is 1.83. The van der Waals surface area contributed by atoms with Crippen LogP contribution in [0.2, 0.25) is 0 Å². The van der Waals surface area contributed by atoms with Crippen molar-refractivity contribution in [3.05, 3.63) is 71.8 Å². The number of fused-ring (bicyclic) bond motifs is 2. The van der Waals surface area contributed by atoms with Crippen LogP contribution in [-0.4, -0.2) is 23.2 Å². The van der Waals surface area contributed by atoms with Gasteiger partial charge in [-0.05, 0) is 54.4 Å². The Labute approximate surface area is 143 Å². The lowest BCUT2D eigenvalue weighted by atomic mass is 9.94. The van der Waals surface area contributed by atoms with Crippen molar-refractivity contribution >= 4 is 17.3 Å². The highest BCUT2D eigenvalue weighted by atomic mass is 32.2. The molecular formula is C21H23NS. The van der Waals surface area contributed by atoms with Gasteiger partial charge in [-0.3, -0.25) is 4.90 Å². The minimum Gasteiger partial charge on any atom is -0.289 e. The van der Waals surface area contributed by atoms with Crippen LogP contribution in [0.3, 0.4) is 0 Å². The van der Waals surface area contributed by atoms with Crippen LogP contribution in [0.5, 0.6) is 0 Å². The fraction of sp³-hybridized carbons (Fsp3) is 0.333. The third-order valence-electron chi connectivity index (χ3n) is 5.19. The van der Waals surface area contributed by atoms with Crippen molar-refractivity contribution < 1.29 is 0 Å². The van der Waals surface area contributed by atoms with Crippen LogP contribution in [0.4, 0.5) is 0 Å². The predicted octanol–water partition coefficient (Wildman–Crippen LogP) is 5.23. The molecule has 2 aromatic rings. The smallest absolute Gasteiger partial charge is 0.0291 e. The average molecular weight is 321 g/mol. The molecule has 2 atom stereocenters. The molecule has 0 amide bonds. The molecule has 4 rings (SSSR count). The average Bonchev–Trinajstić information content (AvgIpc) is 2.84. The van der Waals surface area contributed by atoms with Crippen molar-refractivity contribution in [2.24, 2.45) is 0 Å². The number of rotatable bonds is 4. The predicted molar refractivity (Wildman–Crippen MR) is 99.6 cm³/mol. The molecule has 0 N–H and O–H groups in total. The van der Waals surface area contributed by atoms with E-state index in [1.54, 1.807) is 5.57 Å². The Hall–Kier alpha value is -1.51. The summed E-state index contributed by atoms with van der Waals surface area (Å²) in [4.78, 5) is 4.07. The van der Waals surface area contributed by atoms with Crippen LogP contribution in [-0.2, 0) is 6.54 Å². The Morgan fingerprint density at radius 1 is 1.04 bits per heavy atom. The van der Waals surface area contributed by atoms with Crippen molar-refractivity contribution in [1.29, 1.82) is 0 Å². The van der Waals surface area contributed by atoms with E-state index in [2.05, 4.69) is 71.8 Å². The van der Waals surface area contributed by atoms with E-state index in [4.69, 9.17) is 0 Å². The number of benzene rings is 2. The SMILES string of the molecule is CSc1cccc(C2=CC3CCC(C2)N3Cc2ccccc2)c1. The van der Waals surface area contributed by atoms with E-state index < -0.39 is 0 Å². The number of thioether (sulfide) groups is 1. The monoisotopic (exact) mass is 321 g/mol. The lowest BCUT2D eigenvalue weighted by Gasteiger charge is -2.34. The Morgan fingerprint density at radius 2 is 1.91 bits per heavy atom. The molecule has 118 valence electrons. The first-order valence-electron chi connectivity index (χ1n) is 8.48. The number of hydrogen-bond donors (Lipinski definition) is 0. The molecule has 0 aliphatic carbocycles. The van der Waals surface area contributed by atoms with Gasteiger partial charge in [-0.1, -0.05) is 48.5 Å². The standard InChI is InChI=1S/C21H23NS/c1-23-21-9-5-8-17(14-21)18-12-19-10-11-20(13-18)22(19)15-16-6-3-2-4-7-16/h2-9,12,14,19-20H,10-11,13,15H2,1H3. The van der Waals surface area contributed by atoms with E-state index in [0.717, 1.165) is 6.54 Å². The summed E-state index contributed by atoms with van der Waals surface area (Å²) in [5, 5.41) is 0. The van der Waals surface area contributed by atoms with Gasteiger partial charge in [0.1, 0.15) is 0 Å².